The average molecular weight is 412 g/mol. The van der Waals surface area contributed by atoms with E-state index in [2.05, 4.69) is 13.8 Å². The molecule has 0 aliphatic carbocycles. The molecule has 7 heteroatoms. The molecule has 0 N–H and O–H groups in total. The van der Waals surface area contributed by atoms with E-state index in [4.69, 9.17) is 14.2 Å². The number of rotatable bonds is 9. The number of carbonyl (C=O) groups excluding carboxylic acids is 2. The second kappa shape index (κ2) is 10.6. The van der Waals surface area contributed by atoms with Crippen LogP contribution in [-0.4, -0.2) is 50.7 Å². The fourth-order valence-electron chi connectivity index (χ4n) is 2.98. The number of hydrogen-bond donors (Lipinski definition) is 0. The standard InChI is InChI=1S/C23H28N2O5/c1-15(2)8-10-30-20-7-6-17(13-21(20)29-5)12-18-16(3)19(14-24)23(27)25(22(18)26)9-11-28-4/h6-7,12-13,15H,8-11H2,1-5H3/b18-12+. The average Bonchev–Trinajstić information content (AvgIpc) is 2.72. The summed E-state index contributed by atoms with van der Waals surface area (Å²) in [5, 5.41) is 9.42. The van der Waals surface area contributed by atoms with Gasteiger partial charge in [-0.05, 0) is 48.6 Å². The maximum atomic E-state index is 12.9. The Morgan fingerprint density at radius 2 is 1.87 bits per heavy atom. The molecule has 160 valence electrons. The maximum absolute atomic E-state index is 12.9. The molecule has 0 fully saturated rings. The highest BCUT2D eigenvalue weighted by molar-refractivity contribution is 6.19. The third-order valence-corrected chi connectivity index (χ3v) is 4.80. The van der Waals surface area contributed by atoms with Crippen LogP contribution >= 0.6 is 0 Å². The minimum Gasteiger partial charge on any atom is -0.493 e. The first kappa shape index (κ1) is 23.2. The van der Waals surface area contributed by atoms with Crippen LogP contribution in [0, 0.1) is 17.2 Å². The minimum atomic E-state index is -0.597. The van der Waals surface area contributed by atoms with Gasteiger partial charge in [0.2, 0.25) is 0 Å². The normalized spacial score (nSPS) is 15.8. The fraction of sp³-hybridized carbons (Fsp3) is 0.435. The van der Waals surface area contributed by atoms with Crippen LogP contribution in [0.5, 0.6) is 11.5 Å². The number of nitriles is 1. The van der Waals surface area contributed by atoms with E-state index in [0.29, 0.717) is 35.2 Å². The van der Waals surface area contributed by atoms with Gasteiger partial charge in [-0.15, -0.1) is 0 Å². The molecular weight excluding hydrogens is 384 g/mol. The van der Waals surface area contributed by atoms with Crippen molar-refractivity contribution >= 4 is 17.9 Å². The summed E-state index contributed by atoms with van der Waals surface area (Å²) in [5.74, 6) is 0.651. The van der Waals surface area contributed by atoms with E-state index in [-0.39, 0.29) is 24.3 Å². The van der Waals surface area contributed by atoms with Gasteiger partial charge >= 0.3 is 0 Å². The Kier molecular flexibility index (Phi) is 8.19. The molecule has 0 aromatic heterocycles. The summed E-state index contributed by atoms with van der Waals surface area (Å²) in [7, 11) is 3.04. The van der Waals surface area contributed by atoms with E-state index in [1.807, 2.05) is 12.1 Å². The Morgan fingerprint density at radius 1 is 1.13 bits per heavy atom. The molecule has 0 spiro atoms. The molecule has 30 heavy (non-hydrogen) atoms. The number of amides is 2. The molecule has 0 saturated carbocycles. The molecule has 0 saturated heterocycles. The minimum absolute atomic E-state index is 0.0439. The molecule has 7 nitrogen and oxygen atoms in total. The van der Waals surface area contributed by atoms with Gasteiger partial charge in [0.05, 0.1) is 26.9 Å². The Labute approximate surface area is 177 Å². The predicted molar refractivity (Wildman–Crippen MR) is 113 cm³/mol. The van der Waals surface area contributed by atoms with E-state index < -0.39 is 11.8 Å². The summed E-state index contributed by atoms with van der Waals surface area (Å²) < 4.78 is 16.2. The van der Waals surface area contributed by atoms with Gasteiger partial charge in [-0.25, -0.2) is 0 Å². The van der Waals surface area contributed by atoms with Gasteiger partial charge < -0.3 is 14.2 Å². The third kappa shape index (κ3) is 5.28. The molecule has 0 bridgehead atoms. The van der Waals surface area contributed by atoms with E-state index >= 15 is 0 Å². The molecule has 1 aliphatic rings. The quantitative estimate of drug-likeness (QED) is 0.456. The highest BCUT2D eigenvalue weighted by Gasteiger charge is 2.35. The zero-order valence-electron chi connectivity index (χ0n) is 18.2. The number of nitrogens with zero attached hydrogens (tertiary/aromatic N) is 2. The number of benzene rings is 1. The highest BCUT2D eigenvalue weighted by atomic mass is 16.5. The summed E-state index contributed by atoms with van der Waals surface area (Å²) in [6.07, 6.45) is 2.58. The van der Waals surface area contributed by atoms with Crippen molar-refractivity contribution in [2.45, 2.75) is 27.2 Å². The number of hydrogen-bond acceptors (Lipinski definition) is 6. The molecular formula is C23H28N2O5. The van der Waals surface area contributed by atoms with Gasteiger partial charge in [-0.1, -0.05) is 19.9 Å². The van der Waals surface area contributed by atoms with Crippen LogP contribution < -0.4 is 9.47 Å². The van der Waals surface area contributed by atoms with Crippen molar-refractivity contribution in [3.63, 3.8) is 0 Å². The maximum Gasteiger partial charge on any atom is 0.271 e. The monoisotopic (exact) mass is 412 g/mol. The van der Waals surface area contributed by atoms with Crippen LogP contribution in [-0.2, 0) is 14.3 Å². The lowest BCUT2D eigenvalue weighted by Gasteiger charge is -2.27. The van der Waals surface area contributed by atoms with Crippen LogP contribution in [0.2, 0.25) is 0 Å². The molecule has 2 amide bonds. The van der Waals surface area contributed by atoms with Crippen molar-refractivity contribution < 1.29 is 23.8 Å². The first-order valence-corrected chi connectivity index (χ1v) is 9.83. The van der Waals surface area contributed by atoms with Crippen molar-refractivity contribution in [3.8, 4) is 17.6 Å². The lowest BCUT2D eigenvalue weighted by Crippen LogP contribution is -2.44. The summed E-state index contributed by atoms with van der Waals surface area (Å²) in [6.45, 7) is 6.71. The highest BCUT2D eigenvalue weighted by Crippen LogP contribution is 2.32. The Hall–Kier alpha value is -3.11. The van der Waals surface area contributed by atoms with Crippen molar-refractivity contribution in [2.24, 2.45) is 5.92 Å². The number of carbonyl (C=O) groups is 2. The Morgan fingerprint density at radius 3 is 2.47 bits per heavy atom. The largest absolute Gasteiger partial charge is 0.493 e. The molecule has 0 unspecified atom stereocenters. The zero-order valence-corrected chi connectivity index (χ0v) is 18.2. The molecule has 2 rings (SSSR count). The Balaban J connectivity index is 2.39. The van der Waals surface area contributed by atoms with Gasteiger partial charge in [-0.3, -0.25) is 14.5 Å². The first-order chi connectivity index (χ1) is 14.3. The van der Waals surface area contributed by atoms with Gasteiger partial charge in [0.25, 0.3) is 11.8 Å². The van der Waals surface area contributed by atoms with Gasteiger partial charge in [-0.2, -0.15) is 5.26 Å². The van der Waals surface area contributed by atoms with Gasteiger partial charge in [0.15, 0.2) is 11.5 Å². The van der Waals surface area contributed by atoms with E-state index in [1.165, 1.54) is 7.11 Å². The summed E-state index contributed by atoms with van der Waals surface area (Å²) in [6, 6.07) is 7.28. The van der Waals surface area contributed by atoms with Crippen molar-refractivity contribution in [1.82, 2.24) is 4.90 Å². The van der Waals surface area contributed by atoms with Crippen LogP contribution in [0.3, 0.4) is 0 Å². The molecule has 1 aliphatic heterocycles. The SMILES string of the molecule is COCCN1C(=O)C(C#N)=C(C)/C(=C\c2ccc(OCCC(C)C)c(OC)c2)C1=O. The van der Waals surface area contributed by atoms with Crippen LogP contribution in [0.15, 0.2) is 34.9 Å². The van der Waals surface area contributed by atoms with Crippen LogP contribution in [0.1, 0.15) is 32.8 Å². The number of methoxy groups -OCH3 is 2. The second-order valence-electron chi connectivity index (χ2n) is 7.37. The molecule has 0 atom stereocenters. The Bertz CT molecular complexity index is 909. The summed E-state index contributed by atoms with van der Waals surface area (Å²) in [4.78, 5) is 26.4. The van der Waals surface area contributed by atoms with E-state index in [9.17, 15) is 14.9 Å². The van der Waals surface area contributed by atoms with Crippen molar-refractivity contribution in [3.05, 3.63) is 40.5 Å². The summed E-state index contributed by atoms with van der Waals surface area (Å²) in [5.41, 5.74) is 1.30. The smallest absolute Gasteiger partial charge is 0.271 e. The fourth-order valence-corrected chi connectivity index (χ4v) is 2.98. The molecule has 1 aromatic carbocycles. The number of imide groups is 1. The van der Waals surface area contributed by atoms with E-state index in [0.717, 1.165) is 11.3 Å². The molecule has 1 heterocycles. The number of ether oxygens (including phenoxy) is 3. The zero-order chi connectivity index (χ0) is 22.3. The van der Waals surface area contributed by atoms with Crippen molar-refractivity contribution in [1.29, 1.82) is 5.26 Å². The lowest BCUT2D eigenvalue weighted by atomic mass is 9.93. The second-order valence-corrected chi connectivity index (χ2v) is 7.37. The van der Waals surface area contributed by atoms with Gasteiger partial charge in [0.1, 0.15) is 11.6 Å². The summed E-state index contributed by atoms with van der Waals surface area (Å²) >= 11 is 0. The molecule has 0 radical (unpaired) electrons. The van der Waals surface area contributed by atoms with E-state index in [1.54, 1.807) is 32.2 Å². The topological polar surface area (TPSA) is 88.9 Å². The van der Waals surface area contributed by atoms with Crippen LogP contribution in [0.25, 0.3) is 6.08 Å². The van der Waals surface area contributed by atoms with Crippen molar-refractivity contribution in [2.75, 3.05) is 34.0 Å². The lowest BCUT2D eigenvalue weighted by molar-refractivity contribution is -0.141. The molecule has 1 aromatic rings. The van der Waals surface area contributed by atoms with Gasteiger partial charge in [0, 0.05) is 12.7 Å². The third-order valence-electron chi connectivity index (χ3n) is 4.80. The van der Waals surface area contributed by atoms with Crippen LogP contribution in [0.4, 0.5) is 0 Å². The first-order valence-electron chi connectivity index (χ1n) is 9.83. The predicted octanol–water partition coefficient (Wildman–Crippen LogP) is 3.36.